The minimum absolute atomic E-state index is 0.0267. The third-order valence-corrected chi connectivity index (χ3v) is 7.68. The molecule has 3 heterocycles. The summed E-state index contributed by atoms with van der Waals surface area (Å²) in [7, 11) is 0. The molecule has 2 aromatic rings. The van der Waals surface area contributed by atoms with Crippen LogP contribution >= 0.6 is 0 Å². The minimum atomic E-state index is -0.310. The number of nitrogens with one attached hydrogen (secondary N) is 3. The lowest BCUT2D eigenvalue weighted by molar-refractivity contribution is -0.120. The normalized spacial score (nSPS) is 26.3. The molecular weight excluding hydrogens is 395 g/mol. The Hall–Kier alpha value is -2.41. The summed E-state index contributed by atoms with van der Waals surface area (Å²) in [6.07, 6.45) is 7.83. The molecule has 6 nitrogen and oxygen atoms in total. The fourth-order valence-corrected chi connectivity index (χ4v) is 5.80. The molecule has 2 atom stereocenters. The van der Waals surface area contributed by atoms with Crippen molar-refractivity contribution >= 4 is 22.7 Å². The first kappa shape index (κ1) is 20.5. The van der Waals surface area contributed by atoms with Crippen LogP contribution in [0.4, 0.5) is 4.39 Å². The fraction of sp³-hybridized carbons (Fsp3) is 0.583. The Morgan fingerprint density at radius 2 is 2.03 bits per heavy atom. The number of hydrogen-bond acceptors (Lipinski definition) is 3. The monoisotopic (exact) mass is 426 g/mol. The van der Waals surface area contributed by atoms with Gasteiger partial charge in [-0.1, -0.05) is 6.07 Å². The van der Waals surface area contributed by atoms with Gasteiger partial charge in [-0.15, -0.1) is 0 Å². The van der Waals surface area contributed by atoms with Crippen LogP contribution in [0.1, 0.15) is 67.4 Å². The predicted octanol–water partition coefficient (Wildman–Crippen LogP) is 3.40. The Balaban J connectivity index is 1.20. The first-order chi connectivity index (χ1) is 14.9. The van der Waals surface area contributed by atoms with Gasteiger partial charge in [0.15, 0.2) is 0 Å². The van der Waals surface area contributed by atoms with Crippen molar-refractivity contribution in [2.24, 2.45) is 0 Å². The minimum Gasteiger partial charge on any atom is -0.351 e. The lowest BCUT2D eigenvalue weighted by Gasteiger charge is -2.44. The summed E-state index contributed by atoms with van der Waals surface area (Å²) in [6.45, 7) is 3.92. The van der Waals surface area contributed by atoms with Crippen LogP contribution in [0.5, 0.6) is 0 Å². The van der Waals surface area contributed by atoms with Crippen molar-refractivity contribution in [3.8, 4) is 0 Å². The standard InChI is InChI=1S/C24H31FN4O2/c1-15-5-6-19(25)18-14-20(27-22(15)18)23(31)26-16-3-2-4-17(13-16)29-11-9-24(10-12-29)8-7-21(30)28-24/h5-6,14,16-17,27H,2-4,7-13H2,1H3,(H,26,31)(H,28,30)/t16-,17?/m1/s1. The molecule has 2 amide bonds. The number of piperidine rings is 1. The van der Waals surface area contributed by atoms with Gasteiger partial charge in [-0.25, -0.2) is 4.39 Å². The predicted molar refractivity (Wildman–Crippen MR) is 117 cm³/mol. The van der Waals surface area contributed by atoms with Gasteiger partial charge in [0.25, 0.3) is 5.91 Å². The van der Waals surface area contributed by atoms with E-state index in [1.54, 1.807) is 12.1 Å². The van der Waals surface area contributed by atoms with Crippen LogP contribution in [0.3, 0.4) is 0 Å². The van der Waals surface area contributed by atoms with Gasteiger partial charge in [0, 0.05) is 42.5 Å². The number of fused-ring (bicyclic) bond motifs is 1. The van der Waals surface area contributed by atoms with E-state index in [-0.39, 0.29) is 29.2 Å². The highest BCUT2D eigenvalue weighted by Gasteiger charge is 2.41. The number of halogens is 1. The molecule has 3 N–H and O–H groups in total. The van der Waals surface area contributed by atoms with E-state index in [1.165, 1.54) is 6.07 Å². The lowest BCUT2D eigenvalue weighted by atomic mass is 9.83. The first-order valence-electron chi connectivity index (χ1n) is 11.6. The number of benzene rings is 1. The number of carbonyl (C=O) groups is 2. The third kappa shape index (κ3) is 3.95. The van der Waals surface area contributed by atoms with Crippen LogP contribution in [0.25, 0.3) is 10.9 Å². The maximum absolute atomic E-state index is 14.1. The van der Waals surface area contributed by atoms with Crippen molar-refractivity contribution in [2.45, 2.75) is 75.9 Å². The molecule has 3 aliphatic rings. The number of aromatic amines is 1. The molecule has 5 rings (SSSR count). The van der Waals surface area contributed by atoms with Crippen LogP contribution < -0.4 is 10.6 Å². The zero-order chi connectivity index (χ0) is 21.6. The molecule has 0 bridgehead atoms. The largest absolute Gasteiger partial charge is 0.351 e. The molecule has 0 radical (unpaired) electrons. The maximum Gasteiger partial charge on any atom is 0.267 e. The molecular formula is C24H31FN4O2. The Labute approximate surface area is 181 Å². The number of carbonyl (C=O) groups excluding carboxylic acids is 2. The number of H-pyrrole nitrogens is 1. The number of hydrogen-bond donors (Lipinski definition) is 3. The van der Waals surface area contributed by atoms with E-state index in [0.29, 0.717) is 29.1 Å². The van der Waals surface area contributed by atoms with Gasteiger partial charge in [0.1, 0.15) is 11.5 Å². The van der Waals surface area contributed by atoms with Crippen LogP contribution in [-0.4, -0.2) is 52.4 Å². The second kappa shape index (κ2) is 7.93. The second-order valence-electron chi connectivity index (χ2n) is 9.69. The van der Waals surface area contributed by atoms with Crippen molar-refractivity contribution in [1.82, 2.24) is 20.5 Å². The van der Waals surface area contributed by atoms with Crippen molar-refractivity contribution in [3.05, 3.63) is 35.3 Å². The molecule has 2 saturated heterocycles. The van der Waals surface area contributed by atoms with Crippen LogP contribution in [0.15, 0.2) is 18.2 Å². The number of aryl methyl sites for hydroxylation is 1. The Morgan fingerprint density at radius 3 is 2.74 bits per heavy atom. The molecule has 7 heteroatoms. The first-order valence-corrected chi connectivity index (χ1v) is 11.6. The Morgan fingerprint density at radius 1 is 1.23 bits per heavy atom. The van der Waals surface area contributed by atoms with Gasteiger partial charge in [0.2, 0.25) is 5.91 Å². The van der Waals surface area contributed by atoms with Gasteiger partial charge >= 0.3 is 0 Å². The lowest BCUT2D eigenvalue weighted by Crippen LogP contribution is -2.54. The van der Waals surface area contributed by atoms with Crippen molar-refractivity contribution in [3.63, 3.8) is 0 Å². The summed E-state index contributed by atoms with van der Waals surface area (Å²) < 4.78 is 14.1. The summed E-state index contributed by atoms with van der Waals surface area (Å²) in [5, 5.41) is 6.86. The van der Waals surface area contributed by atoms with Crippen molar-refractivity contribution < 1.29 is 14.0 Å². The number of aromatic nitrogens is 1. The Kier molecular flexibility index (Phi) is 5.24. The quantitative estimate of drug-likeness (QED) is 0.704. The van der Waals surface area contributed by atoms with Crippen LogP contribution in [0.2, 0.25) is 0 Å². The molecule has 1 aromatic carbocycles. The summed E-state index contributed by atoms with van der Waals surface area (Å²) >= 11 is 0. The van der Waals surface area contributed by atoms with E-state index in [9.17, 15) is 14.0 Å². The third-order valence-electron chi connectivity index (χ3n) is 7.68. The molecule has 1 aromatic heterocycles. The van der Waals surface area contributed by atoms with Gasteiger partial charge in [0.05, 0.1) is 5.52 Å². The average molecular weight is 427 g/mol. The highest BCUT2D eigenvalue weighted by Crippen LogP contribution is 2.34. The molecule has 1 saturated carbocycles. The smallest absolute Gasteiger partial charge is 0.267 e. The zero-order valence-electron chi connectivity index (χ0n) is 18.1. The number of likely N-dealkylation sites (tertiary alicyclic amines) is 1. The van der Waals surface area contributed by atoms with E-state index in [4.69, 9.17) is 0 Å². The Bertz CT molecular complexity index is 969. The highest BCUT2D eigenvalue weighted by molar-refractivity contribution is 5.99. The molecule has 1 unspecified atom stereocenters. The number of nitrogens with zero attached hydrogens (tertiary/aromatic N) is 1. The van der Waals surface area contributed by atoms with Gasteiger partial charge in [-0.2, -0.15) is 0 Å². The maximum atomic E-state index is 14.1. The SMILES string of the molecule is Cc1ccc(F)c2cc(C(=O)N[C@@H]3CCCC(N4CCC5(CCC(=O)N5)CC4)C3)[nH]c12. The van der Waals surface area contributed by atoms with E-state index < -0.39 is 0 Å². The topological polar surface area (TPSA) is 77.2 Å². The summed E-state index contributed by atoms with van der Waals surface area (Å²) in [5.41, 5.74) is 2.06. The van der Waals surface area contributed by atoms with E-state index in [0.717, 1.165) is 63.6 Å². The average Bonchev–Trinajstić information content (AvgIpc) is 3.37. The van der Waals surface area contributed by atoms with Gasteiger partial charge in [-0.05, 0) is 69.6 Å². The molecule has 2 aliphatic heterocycles. The molecule has 31 heavy (non-hydrogen) atoms. The van der Waals surface area contributed by atoms with E-state index in [2.05, 4.69) is 20.5 Å². The highest BCUT2D eigenvalue weighted by atomic mass is 19.1. The fourth-order valence-electron chi connectivity index (χ4n) is 5.80. The van der Waals surface area contributed by atoms with E-state index in [1.807, 2.05) is 6.92 Å². The second-order valence-corrected chi connectivity index (χ2v) is 9.69. The van der Waals surface area contributed by atoms with Crippen LogP contribution in [0, 0.1) is 12.7 Å². The molecule has 1 aliphatic carbocycles. The van der Waals surface area contributed by atoms with Gasteiger partial charge < -0.3 is 20.5 Å². The zero-order valence-corrected chi connectivity index (χ0v) is 18.1. The van der Waals surface area contributed by atoms with Crippen LogP contribution in [-0.2, 0) is 4.79 Å². The van der Waals surface area contributed by atoms with Crippen molar-refractivity contribution in [1.29, 1.82) is 0 Å². The summed E-state index contributed by atoms with van der Waals surface area (Å²) in [5.74, 6) is -0.275. The van der Waals surface area contributed by atoms with E-state index >= 15 is 0 Å². The molecule has 166 valence electrons. The van der Waals surface area contributed by atoms with Crippen molar-refractivity contribution in [2.75, 3.05) is 13.1 Å². The molecule has 3 fully saturated rings. The number of amides is 2. The number of rotatable bonds is 3. The molecule has 1 spiro atoms. The summed E-state index contributed by atoms with van der Waals surface area (Å²) in [4.78, 5) is 30.2. The summed E-state index contributed by atoms with van der Waals surface area (Å²) in [6, 6.07) is 5.38. The van der Waals surface area contributed by atoms with Gasteiger partial charge in [-0.3, -0.25) is 9.59 Å².